The van der Waals surface area contributed by atoms with Crippen LogP contribution in [0.3, 0.4) is 0 Å². The van der Waals surface area contributed by atoms with Gasteiger partial charge >= 0.3 is 0 Å². The van der Waals surface area contributed by atoms with Gasteiger partial charge in [-0.15, -0.1) is 0 Å². The van der Waals surface area contributed by atoms with E-state index in [1.54, 1.807) is 12.4 Å². The van der Waals surface area contributed by atoms with Crippen LogP contribution in [0.1, 0.15) is 0 Å². The van der Waals surface area contributed by atoms with Crippen LogP contribution in [-0.4, -0.2) is 14.7 Å². The lowest BCUT2D eigenvalue weighted by molar-refractivity contribution is 1.07. The summed E-state index contributed by atoms with van der Waals surface area (Å²) < 4.78 is 2.48. The van der Waals surface area contributed by atoms with Crippen molar-refractivity contribution in [1.82, 2.24) is 9.97 Å². The first kappa shape index (κ1) is 5.78. The van der Waals surface area contributed by atoms with E-state index < -0.39 is 0 Å². The van der Waals surface area contributed by atoms with Gasteiger partial charge in [0, 0.05) is 12.4 Å². The monoisotopic (exact) mass is 143 g/mol. The lowest BCUT2D eigenvalue weighted by Crippen LogP contribution is -1.68. The van der Waals surface area contributed by atoms with Crippen LogP contribution in [0.2, 0.25) is 0 Å². The van der Waals surface area contributed by atoms with E-state index in [1.165, 1.54) is 11.8 Å². The van der Waals surface area contributed by atoms with E-state index in [2.05, 4.69) is 26.9 Å². The second-order valence-electron chi connectivity index (χ2n) is 1.08. The number of imidazole rings is 1. The summed E-state index contributed by atoms with van der Waals surface area (Å²) in [4.78, 5) is 6.74. The van der Waals surface area contributed by atoms with Gasteiger partial charge in [-0.05, 0) is 11.8 Å². The van der Waals surface area contributed by atoms with Crippen LogP contribution >= 0.6 is 24.0 Å². The topological polar surface area (TPSA) is 28.7 Å². The number of nitrogens with zero attached hydrogens (tertiary/aromatic N) is 1. The Morgan fingerprint density at radius 1 is 1.88 bits per heavy atom. The number of aromatic amines is 1. The average molecular weight is 143 g/mol. The van der Waals surface area contributed by atoms with Crippen LogP contribution in [0, 0.1) is 0 Å². The van der Waals surface area contributed by atoms with Crippen molar-refractivity contribution in [2.24, 2.45) is 0 Å². The van der Waals surface area contributed by atoms with Gasteiger partial charge in [0.1, 0.15) is 4.70 Å². The van der Waals surface area contributed by atoms with E-state index in [4.69, 9.17) is 0 Å². The lowest BCUT2D eigenvalue weighted by Gasteiger charge is -1.79. The Kier molecular flexibility index (Phi) is 2.05. The highest BCUT2D eigenvalue weighted by Gasteiger charge is 1.87. The Labute approximate surface area is 56.7 Å². The predicted octanol–water partition coefficient (Wildman–Crippen LogP) is 1.34. The molecule has 0 spiro atoms. The molecular formula is C4H3N2S2. The average Bonchev–Trinajstić information content (AvgIpc) is 2.19. The fourth-order valence-electron chi connectivity index (χ4n) is 0.346. The Morgan fingerprint density at radius 3 is 3.25 bits per heavy atom. The van der Waals surface area contributed by atoms with Crippen molar-refractivity contribution in [1.29, 1.82) is 0 Å². The SMILES string of the molecule is S=[C]Sc1ncc[nH]1. The summed E-state index contributed by atoms with van der Waals surface area (Å²) in [5.41, 5.74) is 0. The highest BCUT2D eigenvalue weighted by atomic mass is 32.2. The molecule has 0 aromatic carbocycles. The molecule has 0 saturated carbocycles. The maximum Gasteiger partial charge on any atom is 0.171 e. The van der Waals surface area contributed by atoms with Crippen LogP contribution in [0.15, 0.2) is 17.6 Å². The second-order valence-corrected chi connectivity index (χ2v) is 2.34. The Balaban J connectivity index is 2.62. The summed E-state index contributed by atoms with van der Waals surface area (Å²) in [7, 11) is 0. The Morgan fingerprint density at radius 2 is 2.75 bits per heavy atom. The number of rotatable bonds is 2. The molecule has 0 unspecified atom stereocenters. The van der Waals surface area contributed by atoms with Crippen LogP contribution in [-0.2, 0) is 0 Å². The van der Waals surface area contributed by atoms with Gasteiger partial charge in [-0.1, -0.05) is 12.2 Å². The van der Waals surface area contributed by atoms with Crippen molar-refractivity contribution in [3.63, 3.8) is 0 Å². The maximum atomic E-state index is 4.45. The van der Waals surface area contributed by atoms with Gasteiger partial charge in [-0.2, -0.15) is 0 Å². The molecule has 41 valence electrons. The molecule has 1 aromatic rings. The summed E-state index contributed by atoms with van der Waals surface area (Å²) >= 11 is 5.73. The first-order valence-corrected chi connectivity index (χ1v) is 3.19. The molecule has 0 amide bonds. The standard InChI is InChI=1S/C4H3N2S2/c7-3-8-4-5-1-2-6-4/h1-2H,(H,5,6). The molecule has 1 aromatic heterocycles. The van der Waals surface area contributed by atoms with Crippen molar-refractivity contribution >= 4 is 28.7 Å². The zero-order chi connectivity index (χ0) is 5.82. The Bertz CT molecular complexity index is 159. The molecule has 4 heteroatoms. The first-order chi connectivity index (χ1) is 3.93. The maximum absolute atomic E-state index is 4.45. The van der Waals surface area contributed by atoms with Crippen LogP contribution in [0.4, 0.5) is 0 Å². The molecule has 0 fully saturated rings. The van der Waals surface area contributed by atoms with E-state index in [0.717, 1.165) is 5.16 Å². The summed E-state index contributed by atoms with van der Waals surface area (Å²) in [5, 5.41) is 0.792. The molecule has 0 atom stereocenters. The van der Waals surface area contributed by atoms with E-state index in [1.807, 2.05) is 0 Å². The van der Waals surface area contributed by atoms with Gasteiger partial charge in [0.05, 0.1) is 0 Å². The normalized spacial score (nSPS) is 9.00. The van der Waals surface area contributed by atoms with Crippen molar-refractivity contribution < 1.29 is 0 Å². The van der Waals surface area contributed by atoms with Gasteiger partial charge in [0.2, 0.25) is 0 Å². The number of hydrogen-bond acceptors (Lipinski definition) is 3. The molecule has 8 heavy (non-hydrogen) atoms. The molecule has 0 saturated heterocycles. The van der Waals surface area contributed by atoms with Crippen molar-refractivity contribution in [3.05, 3.63) is 12.4 Å². The fraction of sp³-hybridized carbons (Fsp3) is 0. The first-order valence-electron chi connectivity index (χ1n) is 1.97. The molecule has 0 aliphatic rings. The van der Waals surface area contributed by atoms with Crippen molar-refractivity contribution in [3.8, 4) is 0 Å². The molecule has 0 aliphatic heterocycles. The molecule has 1 rings (SSSR count). The molecule has 1 heterocycles. The number of hydrogen-bond donors (Lipinski definition) is 1. The van der Waals surface area contributed by atoms with Crippen molar-refractivity contribution in [2.45, 2.75) is 5.16 Å². The molecule has 1 radical (unpaired) electrons. The molecule has 0 aliphatic carbocycles. The van der Waals surface area contributed by atoms with E-state index in [0.29, 0.717) is 0 Å². The third-order valence-corrected chi connectivity index (χ3v) is 1.36. The summed E-state index contributed by atoms with van der Waals surface area (Å²) in [6, 6.07) is 0. The summed E-state index contributed by atoms with van der Waals surface area (Å²) in [5.74, 6) is 0. The number of thioether (sulfide) groups is 1. The Hall–Kier alpha value is -0.350. The minimum atomic E-state index is 0.792. The second kappa shape index (κ2) is 2.84. The van der Waals surface area contributed by atoms with Gasteiger partial charge in [-0.3, -0.25) is 0 Å². The van der Waals surface area contributed by atoms with Crippen LogP contribution in [0.25, 0.3) is 0 Å². The van der Waals surface area contributed by atoms with E-state index in [9.17, 15) is 0 Å². The van der Waals surface area contributed by atoms with E-state index in [-0.39, 0.29) is 0 Å². The number of thiocarbonyl (C=S) groups is 1. The van der Waals surface area contributed by atoms with E-state index >= 15 is 0 Å². The third kappa shape index (κ3) is 1.31. The summed E-state index contributed by atoms with van der Waals surface area (Å²) in [6.45, 7) is 0. The molecule has 2 nitrogen and oxygen atoms in total. The number of nitrogens with one attached hydrogen (secondary N) is 1. The zero-order valence-corrected chi connectivity index (χ0v) is 5.55. The number of aromatic nitrogens is 2. The minimum absolute atomic E-state index is 0.792. The third-order valence-electron chi connectivity index (χ3n) is 0.611. The minimum Gasteiger partial charge on any atom is -0.339 e. The van der Waals surface area contributed by atoms with Gasteiger partial charge in [0.15, 0.2) is 5.16 Å². The summed E-state index contributed by atoms with van der Waals surface area (Å²) in [6.07, 6.45) is 3.42. The lowest BCUT2D eigenvalue weighted by atomic mass is 11.0. The van der Waals surface area contributed by atoms with Gasteiger partial charge < -0.3 is 4.98 Å². The quantitative estimate of drug-likeness (QED) is 0.500. The highest BCUT2D eigenvalue weighted by molar-refractivity contribution is 8.20. The molecular weight excluding hydrogens is 140 g/mol. The largest absolute Gasteiger partial charge is 0.339 e. The van der Waals surface area contributed by atoms with Crippen LogP contribution < -0.4 is 0 Å². The molecule has 1 N–H and O–H groups in total. The molecule has 0 bridgehead atoms. The highest BCUT2D eigenvalue weighted by Crippen LogP contribution is 2.06. The predicted molar refractivity (Wildman–Crippen MR) is 37.0 cm³/mol. The van der Waals surface area contributed by atoms with Gasteiger partial charge in [0.25, 0.3) is 0 Å². The van der Waals surface area contributed by atoms with Crippen LogP contribution in [0.5, 0.6) is 0 Å². The van der Waals surface area contributed by atoms with Gasteiger partial charge in [-0.25, -0.2) is 4.98 Å². The number of H-pyrrole nitrogens is 1. The zero-order valence-electron chi connectivity index (χ0n) is 3.92. The smallest absolute Gasteiger partial charge is 0.171 e. The van der Waals surface area contributed by atoms with Crippen molar-refractivity contribution in [2.75, 3.05) is 0 Å². The fourth-order valence-corrected chi connectivity index (χ4v) is 0.902.